The number of anilines is 1. The number of nitrogens with one attached hydrogen (secondary N) is 1. The Labute approximate surface area is 168 Å². The number of hydrogen-bond donors (Lipinski definition) is 1. The highest BCUT2D eigenvalue weighted by Crippen LogP contribution is 2.51. The number of carbonyl (C=O) groups is 1. The minimum Gasteiger partial charge on any atom is -0.454 e. The standard InChI is InChI=1S/C24H20FNO3/c1-15-3-2-4-16(11-15)17-5-7-19(25)20(12-17)26-23(27)24(9-10-24)18-6-8-21-22(13-18)29-14-28-21/h2-8,11-13H,9-10,14H2,1H3,(H,26,27). The van der Waals surface area contributed by atoms with Crippen molar-refractivity contribution < 1.29 is 18.7 Å². The van der Waals surface area contributed by atoms with E-state index in [1.807, 2.05) is 49.4 Å². The molecule has 1 amide bonds. The molecule has 4 nitrogen and oxygen atoms in total. The van der Waals surface area contributed by atoms with Gasteiger partial charge < -0.3 is 14.8 Å². The van der Waals surface area contributed by atoms with Crippen LogP contribution in [0, 0.1) is 12.7 Å². The van der Waals surface area contributed by atoms with Gasteiger partial charge in [0.1, 0.15) is 5.82 Å². The Hall–Kier alpha value is -3.34. The first kappa shape index (κ1) is 17.7. The summed E-state index contributed by atoms with van der Waals surface area (Å²) in [6, 6.07) is 18.4. The van der Waals surface area contributed by atoms with Gasteiger partial charge in [0.05, 0.1) is 11.1 Å². The lowest BCUT2D eigenvalue weighted by atomic mass is 9.94. The maximum atomic E-state index is 14.5. The number of hydrogen-bond acceptors (Lipinski definition) is 3. The van der Waals surface area contributed by atoms with Crippen LogP contribution in [0.25, 0.3) is 11.1 Å². The number of benzene rings is 3. The fraction of sp³-hybridized carbons (Fsp3) is 0.208. The van der Waals surface area contributed by atoms with Gasteiger partial charge in [-0.25, -0.2) is 4.39 Å². The largest absolute Gasteiger partial charge is 0.454 e. The molecule has 3 aromatic carbocycles. The van der Waals surface area contributed by atoms with Crippen molar-refractivity contribution in [1.82, 2.24) is 0 Å². The van der Waals surface area contributed by atoms with Crippen LogP contribution >= 0.6 is 0 Å². The summed E-state index contributed by atoms with van der Waals surface area (Å²) in [7, 11) is 0. The van der Waals surface area contributed by atoms with Crippen molar-refractivity contribution in [3.05, 3.63) is 77.6 Å². The molecule has 3 aromatic rings. The molecule has 1 aliphatic heterocycles. The van der Waals surface area contributed by atoms with E-state index in [4.69, 9.17) is 9.47 Å². The van der Waals surface area contributed by atoms with Crippen molar-refractivity contribution in [3.63, 3.8) is 0 Å². The van der Waals surface area contributed by atoms with Gasteiger partial charge in [0.25, 0.3) is 0 Å². The first-order valence-corrected chi connectivity index (χ1v) is 9.63. The predicted octanol–water partition coefficient (Wildman–Crippen LogP) is 5.20. The van der Waals surface area contributed by atoms with Crippen molar-refractivity contribution in [2.45, 2.75) is 25.2 Å². The molecule has 0 atom stereocenters. The van der Waals surface area contributed by atoms with E-state index in [-0.39, 0.29) is 18.4 Å². The van der Waals surface area contributed by atoms with Gasteiger partial charge in [0, 0.05) is 0 Å². The first-order chi connectivity index (χ1) is 14.0. The molecular formula is C24H20FNO3. The third kappa shape index (κ3) is 3.12. The summed E-state index contributed by atoms with van der Waals surface area (Å²) in [5.74, 6) is 0.684. The first-order valence-electron chi connectivity index (χ1n) is 9.63. The predicted molar refractivity (Wildman–Crippen MR) is 109 cm³/mol. The number of halogens is 1. The highest BCUT2D eigenvalue weighted by molar-refractivity contribution is 6.02. The fourth-order valence-electron chi connectivity index (χ4n) is 3.83. The van der Waals surface area contributed by atoms with Crippen LogP contribution in [-0.4, -0.2) is 12.7 Å². The third-order valence-electron chi connectivity index (χ3n) is 5.68. The number of ether oxygens (including phenoxy) is 2. The Morgan fingerprint density at radius 2 is 1.76 bits per heavy atom. The summed E-state index contributed by atoms with van der Waals surface area (Å²) >= 11 is 0. The Morgan fingerprint density at radius 3 is 2.55 bits per heavy atom. The van der Waals surface area contributed by atoms with Crippen molar-refractivity contribution in [2.24, 2.45) is 0 Å². The van der Waals surface area contributed by atoms with E-state index < -0.39 is 11.2 Å². The average Bonchev–Trinajstić information content (AvgIpc) is 3.40. The third-order valence-corrected chi connectivity index (χ3v) is 5.68. The minimum atomic E-state index is -0.646. The zero-order chi connectivity index (χ0) is 20.0. The zero-order valence-corrected chi connectivity index (χ0v) is 16.0. The van der Waals surface area contributed by atoms with Gasteiger partial charge in [-0.2, -0.15) is 0 Å². The summed E-state index contributed by atoms with van der Waals surface area (Å²) < 4.78 is 25.3. The zero-order valence-electron chi connectivity index (χ0n) is 16.0. The normalized spacial score (nSPS) is 15.8. The molecule has 2 aliphatic rings. The Kier molecular flexibility index (Phi) is 4.05. The molecule has 1 aliphatic carbocycles. The summed E-state index contributed by atoms with van der Waals surface area (Å²) in [5.41, 5.74) is 3.38. The van der Waals surface area contributed by atoms with Gasteiger partial charge in [-0.1, -0.05) is 42.0 Å². The lowest BCUT2D eigenvalue weighted by molar-refractivity contribution is -0.118. The monoisotopic (exact) mass is 389 g/mol. The summed E-state index contributed by atoms with van der Waals surface area (Å²) in [6.45, 7) is 2.20. The van der Waals surface area contributed by atoms with Crippen LogP contribution in [-0.2, 0) is 10.2 Å². The van der Waals surface area contributed by atoms with Crippen LogP contribution in [0.3, 0.4) is 0 Å². The maximum Gasteiger partial charge on any atom is 0.235 e. The summed E-state index contributed by atoms with van der Waals surface area (Å²) in [6.07, 6.45) is 1.44. The molecule has 1 heterocycles. The second-order valence-electron chi connectivity index (χ2n) is 7.67. The van der Waals surface area contributed by atoms with Crippen LogP contribution in [0.4, 0.5) is 10.1 Å². The molecule has 0 unspecified atom stereocenters. The molecule has 1 fully saturated rings. The summed E-state index contributed by atoms with van der Waals surface area (Å²) in [4.78, 5) is 13.1. The van der Waals surface area contributed by atoms with Gasteiger partial charge >= 0.3 is 0 Å². The molecule has 0 spiro atoms. The molecule has 0 aromatic heterocycles. The van der Waals surface area contributed by atoms with Gasteiger partial charge in [-0.05, 0) is 60.7 Å². The average molecular weight is 389 g/mol. The van der Waals surface area contributed by atoms with Crippen molar-refractivity contribution in [1.29, 1.82) is 0 Å². The number of carbonyl (C=O) groups excluding carboxylic acids is 1. The van der Waals surface area contributed by atoms with Crippen molar-refractivity contribution in [2.75, 3.05) is 12.1 Å². The van der Waals surface area contributed by atoms with E-state index in [1.54, 1.807) is 12.1 Å². The highest BCUT2D eigenvalue weighted by atomic mass is 19.1. The second kappa shape index (κ2) is 6.62. The number of aryl methyl sites for hydroxylation is 1. The molecule has 0 saturated heterocycles. The minimum absolute atomic E-state index is 0.189. The lowest BCUT2D eigenvalue weighted by Gasteiger charge is -2.17. The van der Waals surface area contributed by atoms with E-state index in [9.17, 15) is 9.18 Å². The van der Waals surface area contributed by atoms with E-state index in [0.717, 1.165) is 35.1 Å². The molecule has 5 rings (SSSR count). The van der Waals surface area contributed by atoms with Crippen LogP contribution < -0.4 is 14.8 Å². The molecule has 0 bridgehead atoms. The molecule has 1 N–H and O–H groups in total. The molecule has 5 heteroatoms. The number of amides is 1. The van der Waals surface area contributed by atoms with Crippen molar-refractivity contribution in [3.8, 4) is 22.6 Å². The van der Waals surface area contributed by atoms with Gasteiger partial charge in [-0.15, -0.1) is 0 Å². The maximum absolute atomic E-state index is 14.5. The Morgan fingerprint density at radius 1 is 0.966 bits per heavy atom. The lowest BCUT2D eigenvalue weighted by Crippen LogP contribution is -2.28. The summed E-state index contributed by atoms with van der Waals surface area (Å²) in [5, 5.41) is 2.82. The number of fused-ring (bicyclic) bond motifs is 1. The highest BCUT2D eigenvalue weighted by Gasteiger charge is 2.51. The SMILES string of the molecule is Cc1cccc(-c2ccc(F)c(NC(=O)C3(c4ccc5c(c4)OCO5)CC3)c2)c1. The van der Waals surface area contributed by atoms with Crippen molar-refractivity contribution >= 4 is 11.6 Å². The van der Waals surface area contributed by atoms with Gasteiger partial charge in [0.2, 0.25) is 12.7 Å². The van der Waals surface area contributed by atoms with E-state index in [0.29, 0.717) is 11.5 Å². The molecule has 1 saturated carbocycles. The van der Waals surface area contributed by atoms with Crippen LogP contribution in [0.5, 0.6) is 11.5 Å². The molecular weight excluding hydrogens is 369 g/mol. The quantitative estimate of drug-likeness (QED) is 0.667. The number of rotatable bonds is 4. The molecule has 29 heavy (non-hydrogen) atoms. The smallest absolute Gasteiger partial charge is 0.235 e. The van der Waals surface area contributed by atoms with Crippen LogP contribution in [0.1, 0.15) is 24.0 Å². The Bertz CT molecular complexity index is 1120. The van der Waals surface area contributed by atoms with E-state index in [1.165, 1.54) is 6.07 Å². The van der Waals surface area contributed by atoms with E-state index >= 15 is 0 Å². The van der Waals surface area contributed by atoms with Crippen LogP contribution in [0.2, 0.25) is 0 Å². The Balaban J connectivity index is 1.43. The topological polar surface area (TPSA) is 47.6 Å². The van der Waals surface area contributed by atoms with Crippen LogP contribution in [0.15, 0.2) is 60.7 Å². The van der Waals surface area contributed by atoms with Gasteiger partial charge in [0.15, 0.2) is 11.5 Å². The van der Waals surface area contributed by atoms with E-state index in [2.05, 4.69) is 5.32 Å². The molecule has 146 valence electrons. The van der Waals surface area contributed by atoms with Gasteiger partial charge in [-0.3, -0.25) is 4.79 Å². The second-order valence-corrected chi connectivity index (χ2v) is 7.67. The fourth-order valence-corrected chi connectivity index (χ4v) is 3.83. The molecule has 0 radical (unpaired) electrons.